The molecule has 0 fully saturated rings. The maximum Gasteiger partial charge on any atom is 0.451 e. The minimum absolute atomic E-state index is 0.384. The van der Waals surface area contributed by atoms with E-state index in [1.807, 2.05) is 0 Å². The molecule has 5 nitrogen and oxygen atoms in total. The van der Waals surface area contributed by atoms with Crippen molar-refractivity contribution in [3.8, 4) is 0 Å². The van der Waals surface area contributed by atoms with Gasteiger partial charge >= 0.3 is 12.1 Å². The minimum Gasteiger partial charge on any atom is -0.481 e. The molecule has 0 radical (unpaired) electrons. The molecule has 0 aliphatic heterocycles. The largest absolute Gasteiger partial charge is 0.481 e. The third kappa shape index (κ3) is 2.01. The Bertz CT molecular complexity index is 346. The molecule has 14 heavy (non-hydrogen) atoms. The number of aromatic amines is 1. The van der Waals surface area contributed by atoms with Crippen molar-refractivity contribution in [3.63, 3.8) is 0 Å². The topological polar surface area (TPSA) is 78.9 Å². The molecule has 1 aromatic rings. The minimum atomic E-state index is -4.64. The molecule has 1 unspecified atom stereocenters. The van der Waals surface area contributed by atoms with E-state index < -0.39 is 23.9 Å². The van der Waals surface area contributed by atoms with Crippen LogP contribution >= 0.6 is 0 Å². The van der Waals surface area contributed by atoms with Crippen LogP contribution in [0.15, 0.2) is 0 Å². The molecule has 0 saturated carbocycles. The lowest BCUT2D eigenvalue weighted by Crippen LogP contribution is -2.10. The third-order valence-corrected chi connectivity index (χ3v) is 1.53. The van der Waals surface area contributed by atoms with Crippen LogP contribution in [0, 0.1) is 0 Å². The van der Waals surface area contributed by atoms with Gasteiger partial charge in [-0.05, 0) is 6.92 Å². The van der Waals surface area contributed by atoms with E-state index in [2.05, 4.69) is 10.1 Å². The highest BCUT2D eigenvalue weighted by Crippen LogP contribution is 2.26. The van der Waals surface area contributed by atoms with Crippen molar-refractivity contribution in [3.05, 3.63) is 11.6 Å². The molecule has 0 spiro atoms. The van der Waals surface area contributed by atoms with Gasteiger partial charge in [0, 0.05) is 0 Å². The zero-order valence-corrected chi connectivity index (χ0v) is 6.96. The van der Waals surface area contributed by atoms with Crippen molar-refractivity contribution >= 4 is 5.97 Å². The van der Waals surface area contributed by atoms with Gasteiger partial charge in [-0.1, -0.05) is 0 Å². The number of hydrogen-bond acceptors (Lipinski definition) is 3. The number of nitrogens with one attached hydrogen (secondary N) is 1. The number of nitrogens with zero attached hydrogens (tertiary/aromatic N) is 2. The van der Waals surface area contributed by atoms with Crippen molar-refractivity contribution in [2.75, 3.05) is 0 Å². The molecule has 1 heterocycles. The van der Waals surface area contributed by atoms with E-state index in [0.717, 1.165) is 0 Å². The molecule has 1 aromatic heterocycles. The molecule has 0 bridgehead atoms. The average Bonchev–Trinajstić information content (AvgIpc) is 2.49. The van der Waals surface area contributed by atoms with E-state index >= 15 is 0 Å². The van der Waals surface area contributed by atoms with Crippen LogP contribution in [0.4, 0.5) is 13.2 Å². The summed E-state index contributed by atoms with van der Waals surface area (Å²) in [7, 11) is 0. The first kappa shape index (κ1) is 10.5. The second kappa shape index (κ2) is 3.28. The normalized spacial score (nSPS) is 14.0. The van der Waals surface area contributed by atoms with Crippen LogP contribution in [0.2, 0.25) is 0 Å². The smallest absolute Gasteiger partial charge is 0.451 e. The van der Waals surface area contributed by atoms with E-state index in [-0.39, 0.29) is 5.82 Å². The van der Waals surface area contributed by atoms with E-state index in [1.54, 1.807) is 5.10 Å². The van der Waals surface area contributed by atoms with E-state index in [4.69, 9.17) is 5.11 Å². The van der Waals surface area contributed by atoms with Gasteiger partial charge in [0.1, 0.15) is 5.92 Å². The van der Waals surface area contributed by atoms with Crippen molar-refractivity contribution < 1.29 is 23.1 Å². The van der Waals surface area contributed by atoms with Crippen molar-refractivity contribution in [2.45, 2.75) is 19.0 Å². The highest BCUT2D eigenvalue weighted by molar-refractivity contribution is 5.74. The number of rotatable bonds is 2. The maximum absolute atomic E-state index is 12.0. The Kier molecular flexibility index (Phi) is 2.45. The molecular formula is C6H6F3N3O2. The third-order valence-electron chi connectivity index (χ3n) is 1.53. The molecule has 0 aliphatic carbocycles. The Morgan fingerprint density at radius 2 is 2.14 bits per heavy atom. The predicted octanol–water partition coefficient (Wildman–Crippen LogP) is 1.01. The molecule has 1 atom stereocenters. The lowest BCUT2D eigenvalue weighted by Gasteiger charge is -2.00. The molecule has 0 amide bonds. The Hall–Kier alpha value is -1.60. The number of aromatic nitrogens is 3. The monoisotopic (exact) mass is 209 g/mol. The summed E-state index contributed by atoms with van der Waals surface area (Å²) in [6, 6.07) is 0. The van der Waals surface area contributed by atoms with Gasteiger partial charge in [0.05, 0.1) is 0 Å². The highest BCUT2D eigenvalue weighted by atomic mass is 19.4. The summed E-state index contributed by atoms with van der Waals surface area (Å²) < 4.78 is 36.0. The fraction of sp³-hybridized carbons (Fsp3) is 0.500. The molecular weight excluding hydrogens is 203 g/mol. The highest BCUT2D eigenvalue weighted by Gasteiger charge is 2.36. The molecule has 8 heteroatoms. The summed E-state index contributed by atoms with van der Waals surface area (Å²) >= 11 is 0. The summed E-state index contributed by atoms with van der Waals surface area (Å²) in [5.74, 6) is -4.12. The van der Waals surface area contributed by atoms with Crippen molar-refractivity contribution in [2.24, 2.45) is 0 Å². The van der Waals surface area contributed by atoms with Gasteiger partial charge < -0.3 is 5.11 Å². The van der Waals surface area contributed by atoms with E-state index in [0.29, 0.717) is 0 Å². The number of carboxylic acids is 1. The van der Waals surface area contributed by atoms with Crippen LogP contribution in [0.1, 0.15) is 24.5 Å². The quantitative estimate of drug-likeness (QED) is 0.761. The van der Waals surface area contributed by atoms with Crippen LogP contribution in [-0.2, 0) is 11.0 Å². The molecule has 2 N–H and O–H groups in total. The summed E-state index contributed by atoms with van der Waals surface area (Å²) in [6.07, 6.45) is -4.64. The number of aliphatic carboxylic acids is 1. The zero-order chi connectivity index (χ0) is 10.9. The molecule has 0 aromatic carbocycles. The first-order valence-electron chi connectivity index (χ1n) is 3.54. The first-order chi connectivity index (χ1) is 6.32. The fourth-order valence-electron chi connectivity index (χ4n) is 0.706. The van der Waals surface area contributed by atoms with Gasteiger partial charge in [0.2, 0.25) is 5.82 Å². The lowest BCUT2D eigenvalue weighted by molar-refractivity contribution is -0.145. The van der Waals surface area contributed by atoms with Crippen LogP contribution < -0.4 is 0 Å². The predicted molar refractivity (Wildman–Crippen MR) is 37.4 cm³/mol. The molecule has 1 rings (SSSR count). The van der Waals surface area contributed by atoms with Gasteiger partial charge in [0.25, 0.3) is 0 Å². The second-order valence-corrected chi connectivity index (χ2v) is 2.60. The number of alkyl halides is 3. The standard InChI is InChI=1S/C6H6F3N3O2/c1-2(4(13)14)3-10-5(12-11-3)6(7,8)9/h2H,1H3,(H,13,14)(H,10,11,12). The van der Waals surface area contributed by atoms with Crippen LogP contribution in [0.25, 0.3) is 0 Å². The number of carboxylic acid groups (broad SMARTS) is 1. The van der Waals surface area contributed by atoms with E-state index in [9.17, 15) is 18.0 Å². The summed E-state index contributed by atoms with van der Waals surface area (Å²) in [4.78, 5) is 13.4. The second-order valence-electron chi connectivity index (χ2n) is 2.60. The number of H-pyrrole nitrogens is 1. The summed E-state index contributed by atoms with van der Waals surface area (Å²) in [5, 5.41) is 13.3. The van der Waals surface area contributed by atoms with Gasteiger partial charge in [-0.2, -0.15) is 18.3 Å². The van der Waals surface area contributed by atoms with Crippen molar-refractivity contribution in [1.29, 1.82) is 0 Å². The Morgan fingerprint density at radius 3 is 2.50 bits per heavy atom. The van der Waals surface area contributed by atoms with Gasteiger partial charge in [-0.25, -0.2) is 4.98 Å². The maximum atomic E-state index is 12.0. The van der Waals surface area contributed by atoms with Crippen molar-refractivity contribution in [1.82, 2.24) is 15.2 Å². The van der Waals surface area contributed by atoms with Gasteiger partial charge in [0.15, 0.2) is 5.82 Å². The zero-order valence-electron chi connectivity index (χ0n) is 6.96. The number of carbonyl (C=O) groups is 1. The average molecular weight is 209 g/mol. The summed E-state index contributed by atoms with van der Waals surface area (Å²) in [5.41, 5.74) is 0. The Morgan fingerprint density at radius 1 is 1.57 bits per heavy atom. The SMILES string of the molecule is CC(C(=O)O)c1n[nH]c(C(F)(F)F)n1. The van der Waals surface area contributed by atoms with Crippen LogP contribution in [0.3, 0.4) is 0 Å². The number of halogens is 3. The van der Waals surface area contributed by atoms with Crippen LogP contribution in [-0.4, -0.2) is 26.3 Å². The molecule has 0 aliphatic rings. The van der Waals surface area contributed by atoms with Gasteiger partial charge in [-0.15, -0.1) is 0 Å². The fourth-order valence-corrected chi connectivity index (χ4v) is 0.706. The van der Waals surface area contributed by atoms with E-state index in [1.165, 1.54) is 6.92 Å². The Labute approximate surface area is 76.0 Å². The number of hydrogen-bond donors (Lipinski definition) is 2. The van der Waals surface area contributed by atoms with Crippen LogP contribution in [0.5, 0.6) is 0 Å². The first-order valence-corrected chi connectivity index (χ1v) is 3.54. The lowest BCUT2D eigenvalue weighted by atomic mass is 10.2. The molecule has 78 valence electrons. The Balaban J connectivity index is 2.94. The van der Waals surface area contributed by atoms with Gasteiger partial charge in [-0.3, -0.25) is 9.89 Å². The molecule has 0 saturated heterocycles. The summed E-state index contributed by atoms with van der Waals surface area (Å²) in [6.45, 7) is 1.20.